The van der Waals surface area contributed by atoms with Gasteiger partial charge in [0.25, 0.3) is 0 Å². The Bertz CT molecular complexity index is 447. The fourth-order valence-electron chi connectivity index (χ4n) is 2.45. The zero-order valence-electron chi connectivity index (χ0n) is 10.4. The van der Waals surface area contributed by atoms with E-state index in [4.69, 9.17) is 5.73 Å². The molecule has 5 heteroatoms. The third-order valence-corrected chi connectivity index (χ3v) is 3.41. The summed E-state index contributed by atoms with van der Waals surface area (Å²) in [4.78, 5) is 28.9. The maximum atomic E-state index is 12.0. The largest absolute Gasteiger partial charge is 0.368 e. The van der Waals surface area contributed by atoms with Crippen molar-refractivity contribution >= 4 is 11.8 Å². The molecule has 1 fully saturated rings. The summed E-state index contributed by atoms with van der Waals surface area (Å²) in [6.45, 7) is 2.41. The molecule has 1 aliphatic rings. The Balaban J connectivity index is 2.14. The molecular formula is C13H17N3O2. The molecule has 18 heavy (non-hydrogen) atoms. The maximum Gasteiger partial charge on any atom is 0.240 e. The van der Waals surface area contributed by atoms with Crippen LogP contribution < -0.4 is 5.73 Å². The Morgan fingerprint density at radius 3 is 3.00 bits per heavy atom. The number of nitrogens with zero attached hydrogens (tertiary/aromatic N) is 2. The number of amides is 2. The van der Waals surface area contributed by atoms with Gasteiger partial charge in [-0.25, -0.2) is 0 Å². The SMILES string of the molecule is CC[C@@H](C(N)=O)N1CC(c2cccnc2)CC1=O. The molecule has 1 aliphatic heterocycles. The summed E-state index contributed by atoms with van der Waals surface area (Å²) < 4.78 is 0. The van der Waals surface area contributed by atoms with Crippen LogP contribution >= 0.6 is 0 Å². The van der Waals surface area contributed by atoms with Crippen molar-refractivity contribution < 1.29 is 9.59 Å². The Hall–Kier alpha value is -1.91. The second-order valence-electron chi connectivity index (χ2n) is 4.56. The van der Waals surface area contributed by atoms with Crippen LogP contribution in [0.4, 0.5) is 0 Å². The van der Waals surface area contributed by atoms with E-state index in [1.807, 2.05) is 19.1 Å². The number of nitrogens with two attached hydrogens (primary N) is 1. The molecule has 2 N–H and O–H groups in total. The van der Waals surface area contributed by atoms with Crippen molar-refractivity contribution in [3.63, 3.8) is 0 Å². The van der Waals surface area contributed by atoms with Gasteiger partial charge in [-0.3, -0.25) is 14.6 Å². The molecule has 5 nitrogen and oxygen atoms in total. The number of carbonyl (C=O) groups is 2. The van der Waals surface area contributed by atoms with E-state index in [2.05, 4.69) is 4.98 Å². The maximum absolute atomic E-state index is 12.0. The van der Waals surface area contributed by atoms with Gasteiger partial charge in [0, 0.05) is 31.3 Å². The van der Waals surface area contributed by atoms with Gasteiger partial charge in [0.15, 0.2) is 0 Å². The van der Waals surface area contributed by atoms with Gasteiger partial charge in [-0.1, -0.05) is 13.0 Å². The summed E-state index contributed by atoms with van der Waals surface area (Å²) in [5, 5.41) is 0. The van der Waals surface area contributed by atoms with Gasteiger partial charge in [0.2, 0.25) is 11.8 Å². The molecule has 2 atom stereocenters. The van der Waals surface area contributed by atoms with E-state index in [9.17, 15) is 9.59 Å². The monoisotopic (exact) mass is 247 g/mol. The minimum atomic E-state index is -0.487. The van der Waals surface area contributed by atoms with Crippen molar-refractivity contribution in [3.8, 4) is 0 Å². The highest BCUT2D eigenvalue weighted by atomic mass is 16.2. The number of pyridine rings is 1. The zero-order valence-corrected chi connectivity index (χ0v) is 10.4. The molecule has 0 spiro atoms. The smallest absolute Gasteiger partial charge is 0.240 e. The topological polar surface area (TPSA) is 76.3 Å². The van der Waals surface area contributed by atoms with E-state index >= 15 is 0 Å². The number of rotatable bonds is 4. The number of primary amides is 1. The molecule has 2 heterocycles. The van der Waals surface area contributed by atoms with Gasteiger partial charge in [0.1, 0.15) is 6.04 Å². The minimum absolute atomic E-state index is 0.00509. The average Bonchev–Trinajstić information content (AvgIpc) is 2.73. The van der Waals surface area contributed by atoms with E-state index in [0.717, 1.165) is 5.56 Å². The summed E-state index contributed by atoms with van der Waals surface area (Å²) in [6.07, 6.45) is 4.46. The van der Waals surface area contributed by atoms with Gasteiger partial charge < -0.3 is 10.6 Å². The van der Waals surface area contributed by atoms with Gasteiger partial charge in [-0.15, -0.1) is 0 Å². The third-order valence-electron chi connectivity index (χ3n) is 3.41. The highest BCUT2D eigenvalue weighted by molar-refractivity contribution is 5.88. The number of hydrogen-bond acceptors (Lipinski definition) is 3. The molecule has 0 saturated carbocycles. The predicted octanol–water partition coefficient (Wildman–Crippen LogP) is 0.661. The molecule has 0 aliphatic carbocycles. The standard InChI is InChI=1S/C13H17N3O2/c1-2-11(13(14)18)16-8-10(6-12(16)17)9-4-3-5-15-7-9/h3-5,7,10-11H,2,6,8H2,1H3,(H2,14,18)/t10?,11-/m0/s1. The van der Waals surface area contributed by atoms with Crippen molar-refractivity contribution in [2.45, 2.75) is 31.7 Å². The molecule has 2 amide bonds. The van der Waals surface area contributed by atoms with Crippen molar-refractivity contribution in [1.82, 2.24) is 9.88 Å². The molecule has 1 saturated heterocycles. The van der Waals surface area contributed by atoms with Gasteiger partial charge >= 0.3 is 0 Å². The first kappa shape index (κ1) is 12.5. The van der Waals surface area contributed by atoms with Crippen molar-refractivity contribution in [2.75, 3.05) is 6.54 Å². The highest BCUT2D eigenvalue weighted by Gasteiger charge is 2.36. The summed E-state index contributed by atoms with van der Waals surface area (Å²) in [5.74, 6) is -0.327. The summed E-state index contributed by atoms with van der Waals surface area (Å²) in [6, 6.07) is 3.33. The normalized spacial score (nSPS) is 21.1. The molecule has 1 unspecified atom stereocenters. The molecule has 96 valence electrons. The molecule has 0 aromatic carbocycles. The lowest BCUT2D eigenvalue weighted by Gasteiger charge is -2.24. The zero-order chi connectivity index (χ0) is 13.1. The first-order valence-electron chi connectivity index (χ1n) is 6.12. The Morgan fingerprint density at radius 1 is 1.67 bits per heavy atom. The molecule has 1 aromatic heterocycles. The summed E-state index contributed by atoms with van der Waals surface area (Å²) >= 11 is 0. The van der Waals surface area contributed by atoms with Crippen LogP contribution in [-0.4, -0.2) is 34.3 Å². The van der Waals surface area contributed by atoms with Crippen LogP contribution in [0.3, 0.4) is 0 Å². The lowest BCUT2D eigenvalue weighted by Crippen LogP contribution is -2.45. The molecule has 2 rings (SSSR count). The number of hydrogen-bond donors (Lipinski definition) is 1. The molecular weight excluding hydrogens is 230 g/mol. The predicted molar refractivity (Wildman–Crippen MR) is 66.6 cm³/mol. The van der Waals surface area contributed by atoms with Crippen molar-refractivity contribution in [2.24, 2.45) is 5.73 Å². The first-order chi connectivity index (χ1) is 8.63. The van der Waals surface area contributed by atoms with Crippen LogP contribution in [0.15, 0.2) is 24.5 Å². The van der Waals surface area contributed by atoms with Crippen LogP contribution in [0.25, 0.3) is 0 Å². The Morgan fingerprint density at radius 2 is 2.44 bits per heavy atom. The lowest BCUT2D eigenvalue weighted by molar-refractivity contribution is -0.136. The van der Waals surface area contributed by atoms with E-state index in [1.54, 1.807) is 17.3 Å². The van der Waals surface area contributed by atoms with E-state index < -0.39 is 11.9 Å². The van der Waals surface area contributed by atoms with Crippen molar-refractivity contribution in [1.29, 1.82) is 0 Å². The second-order valence-corrected chi connectivity index (χ2v) is 4.56. The van der Waals surface area contributed by atoms with E-state index in [-0.39, 0.29) is 11.8 Å². The third kappa shape index (κ3) is 2.34. The van der Waals surface area contributed by atoms with Crippen molar-refractivity contribution in [3.05, 3.63) is 30.1 Å². The van der Waals surface area contributed by atoms with Crippen LogP contribution in [0.1, 0.15) is 31.2 Å². The molecule has 0 radical (unpaired) electrons. The summed E-state index contributed by atoms with van der Waals surface area (Å²) in [7, 11) is 0. The minimum Gasteiger partial charge on any atom is -0.368 e. The molecule has 1 aromatic rings. The number of aromatic nitrogens is 1. The van der Waals surface area contributed by atoms with Crippen LogP contribution in [0.2, 0.25) is 0 Å². The van der Waals surface area contributed by atoms with Gasteiger partial charge in [-0.2, -0.15) is 0 Å². The molecule has 0 bridgehead atoms. The summed E-state index contributed by atoms with van der Waals surface area (Å²) in [5.41, 5.74) is 6.36. The average molecular weight is 247 g/mol. The van der Waals surface area contributed by atoms with E-state index in [0.29, 0.717) is 19.4 Å². The quantitative estimate of drug-likeness (QED) is 0.849. The Labute approximate surface area is 106 Å². The second kappa shape index (κ2) is 5.16. The highest BCUT2D eigenvalue weighted by Crippen LogP contribution is 2.29. The fourth-order valence-corrected chi connectivity index (χ4v) is 2.45. The number of likely N-dealkylation sites (tertiary alicyclic amines) is 1. The van der Waals surface area contributed by atoms with Crippen LogP contribution in [-0.2, 0) is 9.59 Å². The van der Waals surface area contributed by atoms with Gasteiger partial charge in [-0.05, 0) is 18.1 Å². The van der Waals surface area contributed by atoms with E-state index in [1.165, 1.54) is 0 Å². The van der Waals surface area contributed by atoms with Gasteiger partial charge in [0.05, 0.1) is 0 Å². The number of carbonyl (C=O) groups excluding carboxylic acids is 2. The fraction of sp³-hybridized carbons (Fsp3) is 0.462. The Kier molecular flexibility index (Phi) is 3.60. The lowest BCUT2D eigenvalue weighted by atomic mass is 10.0. The van der Waals surface area contributed by atoms with Crippen LogP contribution in [0, 0.1) is 0 Å². The van der Waals surface area contributed by atoms with Crippen LogP contribution in [0.5, 0.6) is 0 Å². The first-order valence-corrected chi connectivity index (χ1v) is 6.12.